The van der Waals surface area contributed by atoms with Crippen LogP contribution in [0.25, 0.3) is 0 Å². The van der Waals surface area contributed by atoms with E-state index in [2.05, 4.69) is 5.32 Å². The van der Waals surface area contributed by atoms with Gasteiger partial charge in [0.1, 0.15) is 5.75 Å². The molecular formula is C18H24N2O5. The Kier molecular flexibility index (Phi) is 6.80. The molecule has 1 atom stereocenters. The molecular weight excluding hydrogens is 324 g/mol. The number of carboxylic acids is 1. The van der Waals surface area contributed by atoms with Gasteiger partial charge in [0.05, 0.1) is 13.0 Å². The maximum absolute atomic E-state index is 12.1. The molecule has 2 rings (SSSR count). The molecule has 0 radical (unpaired) electrons. The molecule has 1 fully saturated rings. The van der Waals surface area contributed by atoms with Crippen molar-refractivity contribution in [2.24, 2.45) is 5.92 Å². The summed E-state index contributed by atoms with van der Waals surface area (Å²) >= 11 is 0. The lowest BCUT2D eigenvalue weighted by Crippen LogP contribution is -2.33. The van der Waals surface area contributed by atoms with Crippen molar-refractivity contribution >= 4 is 17.8 Å². The van der Waals surface area contributed by atoms with Crippen molar-refractivity contribution in [1.82, 2.24) is 10.2 Å². The highest BCUT2D eigenvalue weighted by atomic mass is 16.5. The van der Waals surface area contributed by atoms with Gasteiger partial charge < -0.3 is 20.1 Å². The third-order valence-corrected chi connectivity index (χ3v) is 4.23. The van der Waals surface area contributed by atoms with E-state index in [-0.39, 0.29) is 30.6 Å². The average Bonchev–Trinajstić information content (AvgIpc) is 2.95. The topological polar surface area (TPSA) is 95.9 Å². The maximum Gasteiger partial charge on any atom is 0.303 e. The van der Waals surface area contributed by atoms with Crippen LogP contribution in [0.3, 0.4) is 0 Å². The van der Waals surface area contributed by atoms with Gasteiger partial charge in [0.15, 0.2) is 0 Å². The predicted octanol–water partition coefficient (Wildman–Crippen LogP) is 1.41. The summed E-state index contributed by atoms with van der Waals surface area (Å²) in [6.07, 6.45) is 1.47. The quantitative estimate of drug-likeness (QED) is 0.658. The second kappa shape index (κ2) is 9.05. The number of rotatable bonds is 9. The number of methoxy groups -OCH3 is 1. The monoisotopic (exact) mass is 348 g/mol. The van der Waals surface area contributed by atoms with Crippen LogP contribution < -0.4 is 10.1 Å². The Hall–Kier alpha value is -2.57. The van der Waals surface area contributed by atoms with E-state index in [9.17, 15) is 14.4 Å². The number of likely N-dealkylation sites (tertiary alicyclic amines) is 1. The van der Waals surface area contributed by atoms with Crippen LogP contribution in [0, 0.1) is 5.92 Å². The average molecular weight is 348 g/mol. The van der Waals surface area contributed by atoms with Crippen LogP contribution in [-0.4, -0.2) is 48.0 Å². The van der Waals surface area contributed by atoms with Gasteiger partial charge in [-0.05, 0) is 30.5 Å². The molecule has 1 saturated heterocycles. The smallest absolute Gasteiger partial charge is 0.303 e. The van der Waals surface area contributed by atoms with E-state index in [4.69, 9.17) is 9.84 Å². The van der Waals surface area contributed by atoms with Crippen molar-refractivity contribution in [1.29, 1.82) is 0 Å². The summed E-state index contributed by atoms with van der Waals surface area (Å²) in [5.41, 5.74) is 0.990. The number of carbonyl (C=O) groups excluding carboxylic acids is 2. The first-order valence-corrected chi connectivity index (χ1v) is 8.40. The van der Waals surface area contributed by atoms with E-state index in [0.29, 0.717) is 32.5 Å². The molecule has 1 unspecified atom stereocenters. The maximum atomic E-state index is 12.1. The summed E-state index contributed by atoms with van der Waals surface area (Å²) in [7, 11) is 1.60. The minimum atomic E-state index is -0.832. The number of amides is 2. The fourth-order valence-electron chi connectivity index (χ4n) is 2.81. The third-order valence-electron chi connectivity index (χ3n) is 4.23. The fraction of sp³-hybridized carbons (Fsp3) is 0.500. The standard InChI is InChI=1S/C18H24N2O5/c1-25-15-7-5-13(6-8-15)11-20-12-14(10-16(20)21)18(24)19-9-3-2-4-17(22)23/h5-8,14H,2-4,9-12H2,1H3,(H,19,24)(H,22,23). The van der Waals surface area contributed by atoms with Gasteiger partial charge in [-0.15, -0.1) is 0 Å². The van der Waals surface area contributed by atoms with Crippen LogP contribution in [0.1, 0.15) is 31.2 Å². The lowest BCUT2D eigenvalue weighted by Gasteiger charge is -2.17. The number of carboxylic acid groups (broad SMARTS) is 1. The largest absolute Gasteiger partial charge is 0.497 e. The molecule has 25 heavy (non-hydrogen) atoms. The van der Waals surface area contributed by atoms with Crippen molar-refractivity contribution in [2.45, 2.75) is 32.2 Å². The second-order valence-corrected chi connectivity index (χ2v) is 6.17. The Bertz CT molecular complexity index is 614. The van der Waals surface area contributed by atoms with Crippen LogP contribution >= 0.6 is 0 Å². The van der Waals surface area contributed by atoms with E-state index in [1.54, 1.807) is 12.0 Å². The fourth-order valence-corrected chi connectivity index (χ4v) is 2.81. The van der Waals surface area contributed by atoms with Crippen LogP contribution in [-0.2, 0) is 20.9 Å². The summed E-state index contributed by atoms with van der Waals surface area (Å²) in [6, 6.07) is 7.50. The van der Waals surface area contributed by atoms with E-state index < -0.39 is 5.97 Å². The Morgan fingerprint density at radius 2 is 2.00 bits per heavy atom. The lowest BCUT2D eigenvalue weighted by atomic mass is 10.1. The molecule has 7 nitrogen and oxygen atoms in total. The van der Waals surface area contributed by atoms with Crippen molar-refractivity contribution in [3.8, 4) is 5.75 Å². The number of ether oxygens (including phenoxy) is 1. The van der Waals surface area contributed by atoms with Crippen LogP contribution in [0.5, 0.6) is 5.75 Å². The van der Waals surface area contributed by atoms with Crippen LogP contribution in [0.15, 0.2) is 24.3 Å². The molecule has 7 heteroatoms. The number of unbranched alkanes of at least 4 members (excludes halogenated alkanes) is 1. The molecule has 0 saturated carbocycles. The molecule has 1 heterocycles. The zero-order valence-corrected chi connectivity index (χ0v) is 14.4. The van der Waals surface area contributed by atoms with E-state index >= 15 is 0 Å². The lowest BCUT2D eigenvalue weighted by molar-refractivity contribution is -0.137. The van der Waals surface area contributed by atoms with Gasteiger partial charge >= 0.3 is 5.97 Å². The van der Waals surface area contributed by atoms with Gasteiger partial charge in [0.25, 0.3) is 0 Å². The van der Waals surface area contributed by atoms with Gasteiger partial charge in [-0.1, -0.05) is 12.1 Å². The molecule has 2 amide bonds. The first kappa shape index (κ1) is 18.8. The highest BCUT2D eigenvalue weighted by molar-refractivity contribution is 5.89. The molecule has 1 aromatic rings. The zero-order chi connectivity index (χ0) is 18.2. The Labute approximate surface area is 147 Å². The highest BCUT2D eigenvalue weighted by Crippen LogP contribution is 2.21. The van der Waals surface area contributed by atoms with E-state index in [0.717, 1.165) is 11.3 Å². The number of carbonyl (C=O) groups is 3. The molecule has 1 aliphatic rings. The third kappa shape index (κ3) is 5.77. The minimum absolute atomic E-state index is 0.0261. The summed E-state index contributed by atoms with van der Waals surface area (Å²) in [6.45, 7) is 1.33. The zero-order valence-electron chi connectivity index (χ0n) is 14.4. The van der Waals surface area contributed by atoms with Gasteiger partial charge in [0.2, 0.25) is 11.8 Å². The Morgan fingerprint density at radius 1 is 1.28 bits per heavy atom. The van der Waals surface area contributed by atoms with Crippen molar-refractivity contribution in [3.63, 3.8) is 0 Å². The summed E-state index contributed by atoms with van der Waals surface area (Å²) < 4.78 is 5.11. The molecule has 0 bridgehead atoms. The molecule has 0 aromatic heterocycles. The molecule has 0 aliphatic carbocycles. The first-order chi connectivity index (χ1) is 12.0. The number of aliphatic carboxylic acids is 1. The molecule has 0 spiro atoms. The molecule has 2 N–H and O–H groups in total. The number of benzene rings is 1. The SMILES string of the molecule is COc1ccc(CN2CC(C(=O)NCCCCC(=O)O)CC2=O)cc1. The van der Waals surface area contributed by atoms with Gasteiger partial charge in [-0.3, -0.25) is 14.4 Å². The second-order valence-electron chi connectivity index (χ2n) is 6.17. The minimum Gasteiger partial charge on any atom is -0.497 e. The van der Waals surface area contributed by atoms with Gasteiger partial charge in [-0.25, -0.2) is 0 Å². The van der Waals surface area contributed by atoms with E-state index in [1.807, 2.05) is 24.3 Å². The Morgan fingerprint density at radius 3 is 2.64 bits per heavy atom. The van der Waals surface area contributed by atoms with Crippen molar-refractivity contribution < 1.29 is 24.2 Å². The number of nitrogens with zero attached hydrogens (tertiary/aromatic N) is 1. The van der Waals surface area contributed by atoms with Crippen molar-refractivity contribution in [2.75, 3.05) is 20.2 Å². The van der Waals surface area contributed by atoms with Crippen molar-refractivity contribution in [3.05, 3.63) is 29.8 Å². The predicted molar refractivity (Wildman–Crippen MR) is 91.0 cm³/mol. The van der Waals surface area contributed by atoms with Gasteiger partial charge in [-0.2, -0.15) is 0 Å². The van der Waals surface area contributed by atoms with Gasteiger partial charge in [0, 0.05) is 32.5 Å². The summed E-state index contributed by atoms with van der Waals surface area (Å²) in [4.78, 5) is 36.4. The number of nitrogens with one attached hydrogen (secondary N) is 1. The molecule has 1 aliphatic heterocycles. The highest BCUT2D eigenvalue weighted by Gasteiger charge is 2.33. The molecule has 1 aromatic carbocycles. The molecule has 136 valence electrons. The number of hydrogen-bond acceptors (Lipinski definition) is 4. The summed E-state index contributed by atoms with van der Waals surface area (Å²) in [5.74, 6) is -0.577. The first-order valence-electron chi connectivity index (χ1n) is 8.40. The number of hydrogen-bond donors (Lipinski definition) is 2. The van der Waals surface area contributed by atoms with E-state index in [1.165, 1.54) is 0 Å². The van der Waals surface area contributed by atoms with Crippen LogP contribution in [0.4, 0.5) is 0 Å². The Balaban J connectivity index is 1.76. The van der Waals surface area contributed by atoms with Crippen LogP contribution in [0.2, 0.25) is 0 Å². The normalized spacial score (nSPS) is 16.8. The summed E-state index contributed by atoms with van der Waals surface area (Å²) in [5, 5.41) is 11.4.